The molecule has 346 valence electrons. The number of carbonyl (C=O) groups excluding carboxylic acids is 5. The molecule has 0 aliphatic carbocycles. The Balaban J connectivity index is 0.000000215. The van der Waals surface area contributed by atoms with Crippen molar-refractivity contribution in [2.45, 2.75) is 19.1 Å². The first kappa shape index (κ1) is 48.7. The molecular weight excluding hydrogens is 891 g/mol. The molecule has 8 rings (SSSR count). The summed E-state index contributed by atoms with van der Waals surface area (Å²) in [7, 11) is -3.07. The fourth-order valence-corrected chi connectivity index (χ4v) is 8.78. The standard InChI is InChI=1S/C19H20FN3O6S.C19H20FN3O4S.C2H4O3.H2O/c20-16-9-14(1-2-17(16)22-4-7-30(26,27)8-5-22)23-11-15(29-19(23)25)10-21-18(24)13-3-6-28-12-13;20-16-9-14(1-2-17(16)22-4-7-28-8-5-22)23-11-15(27-19(23)25)10-21-18(24)13-3-6-26-12-13;1-2(3)5-4;/h1-3,6,9,12,15H,4-5,7-8,10-11H2,(H,21,24);1-3,6,9,12,15H,4-5,7-8,10-11H2,(H,21,24);4H,1H3;1H2/t2*15-;;/m00../s1. The van der Waals surface area contributed by atoms with Crippen LogP contribution in [-0.4, -0.2) is 137 Å². The van der Waals surface area contributed by atoms with Crippen LogP contribution in [0, 0.1) is 11.6 Å². The fraction of sp³-hybridized carbons (Fsp3) is 0.375. The zero-order valence-corrected chi connectivity index (χ0v) is 35.9. The molecular formula is C40H46F2N6O14S2. The van der Waals surface area contributed by atoms with E-state index >= 15 is 0 Å². The molecule has 24 heteroatoms. The summed E-state index contributed by atoms with van der Waals surface area (Å²) in [6.45, 7) is 3.85. The molecule has 4 aliphatic heterocycles. The predicted octanol–water partition coefficient (Wildman–Crippen LogP) is 3.33. The maximum atomic E-state index is 14.7. The molecule has 0 spiro atoms. The van der Waals surface area contributed by atoms with Gasteiger partial charge in [-0.1, -0.05) is 0 Å². The monoisotopic (exact) mass is 936 g/mol. The van der Waals surface area contributed by atoms with E-state index in [4.69, 9.17) is 23.6 Å². The van der Waals surface area contributed by atoms with Crippen LogP contribution in [0.25, 0.3) is 0 Å². The van der Waals surface area contributed by atoms with Gasteiger partial charge in [0.15, 0.2) is 9.84 Å². The van der Waals surface area contributed by atoms with Gasteiger partial charge in [0.25, 0.3) is 11.8 Å². The number of cyclic esters (lactones) is 2. The lowest BCUT2D eigenvalue weighted by atomic mass is 10.2. The van der Waals surface area contributed by atoms with Crippen LogP contribution in [0.15, 0.2) is 82.4 Å². The summed E-state index contributed by atoms with van der Waals surface area (Å²) < 4.78 is 72.7. The second-order valence-electron chi connectivity index (χ2n) is 14.3. The minimum absolute atomic E-state index is 0. The van der Waals surface area contributed by atoms with Crippen molar-refractivity contribution in [3.8, 4) is 0 Å². The molecule has 0 bridgehead atoms. The minimum Gasteiger partial charge on any atom is -0.472 e. The van der Waals surface area contributed by atoms with Crippen molar-refractivity contribution < 1.29 is 75.1 Å². The molecule has 5 N–H and O–H groups in total. The summed E-state index contributed by atoms with van der Waals surface area (Å²) in [5.41, 5.74) is 2.39. The first-order chi connectivity index (χ1) is 30.2. The maximum absolute atomic E-state index is 14.7. The van der Waals surface area contributed by atoms with Crippen LogP contribution < -0.4 is 30.2 Å². The van der Waals surface area contributed by atoms with Crippen LogP contribution >= 0.6 is 11.8 Å². The summed E-state index contributed by atoms with van der Waals surface area (Å²) in [4.78, 5) is 67.1. The van der Waals surface area contributed by atoms with Crippen LogP contribution in [0.3, 0.4) is 0 Å². The van der Waals surface area contributed by atoms with Gasteiger partial charge >= 0.3 is 18.2 Å². The number of nitrogens with one attached hydrogen (secondary N) is 2. The van der Waals surface area contributed by atoms with Crippen molar-refractivity contribution in [3.63, 3.8) is 0 Å². The summed E-state index contributed by atoms with van der Waals surface area (Å²) in [5, 5.41) is 12.6. The zero-order valence-electron chi connectivity index (χ0n) is 34.3. The van der Waals surface area contributed by atoms with Gasteiger partial charge in [-0.15, -0.1) is 0 Å². The average Bonchev–Trinajstić information content (AvgIpc) is 4.12. The van der Waals surface area contributed by atoms with Crippen LogP contribution in [0.4, 0.5) is 41.1 Å². The molecule has 20 nitrogen and oxygen atoms in total. The Labute approximate surface area is 369 Å². The summed E-state index contributed by atoms with van der Waals surface area (Å²) in [5.74, 6) is -0.319. The Bertz CT molecular complexity index is 2340. The number of amides is 4. The largest absolute Gasteiger partial charge is 0.472 e. The Hall–Kier alpha value is -6.37. The highest BCUT2D eigenvalue weighted by Gasteiger charge is 2.35. The molecule has 0 unspecified atom stereocenters. The minimum atomic E-state index is -3.07. The molecule has 2 atom stereocenters. The van der Waals surface area contributed by atoms with Gasteiger partial charge in [-0.2, -0.15) is 17.0 Å². The maximum Gasteiger partial charge on any atom is 0.414 e. The molecule has 4 aromatic rings. The topological polar surface area (TPSA) is 262 Å². The van der Waals surface area contributed by atoms with E-state index in [2.05, 4.69) is 15.5 Å². The quantitative estimate of drug-likeness (QED) is 0.117. The molecule has 0 radical (unpaired) electrons. The van der Waals surface area contributed by atoms with Crippen LogP contribution in [0.1, 0.15) is 27.6 Å². The van der Waals surface area contributed by atoms with Crippen molar-refractivity contribution in [1.29, 1.82) is 0 Å². The number of anilines is 4. The Morgan fingerprint density at radius 1 is 0.750 bits per heavy atom. The molecule has 2 aromatic heterocycles. The lowest BCUT2D eigenvalue weighted by Gasteiger charge is -2.29. The van der Waals surface area contributed by atoms with E-state index < -0.39 is 46.0 Å². The number of furan rings is 2. The van der Waals surface area contributed by atoms with Crippen molar-refractivity contribution >= 4 is 74.3 Å². The molecule has 2 aromatic carbocycles. The van der Waals surface area contributed by atoms with Gasteiger partial charge in [-0.05, 0) is 48.5 Å². The molecule has 64 heavy (non-hydrogen) atoms. The van der Waals surface area contributed by atoms with Gasteiger partial charge in [0, 0.05) is 44.6 Å². The summed E-state index contributed by atoms with van der Waals surface area (Å²) in [6, 6.07) is 12.2. The highest BCUT2D eigenvalue weighted by Crippen LogP contribution is 2.31. The van der Waals surface area contributed by atoms with E-state index in [1.54, 1.807) is 29.2 Å². The molecule has 0 saturated carbocycles. The number of benzene rings is 2. The van der Waals surface area contributed by atoms with E-state index in [1.807, 2.05) is 16.7 Å². The number of carbonyl (C=O) groups is 5. The Morgan fingerprint density at radius 2 is 1.17 bits per heavy atom. The highest BCUT2D eigenvalue weighted by molar-refractivity contribution is 7.99. The number of hydrogen-bond donors (Lipinski definition) is 3. The normalized spacial score (nSPS) is 18.9. The Kier molecular flexibility index (Phi) is 17.0. The fourth-order valence-electron chi connectivity index (χ4n) is 6.68. The third-order valence-corrected chi connectivity index (χ3v) is 12.5. The number of thioether (sulfide) groups is 1. The van der Waals surface area contributed by atoms with E-state index in [0.717, 1.165) is 31.5 Å². The van der Waals surface area contributed by atoms with Gasteiger partial charge in [0.2, 0.25) is 0 Å². The van der Waals surface area contributed by atoms with E-state index in [9.17, 15) is 41.2 Å². The second-order valence-corrected chi connectivity index (χ2v) is 17.8. The first-order valence-corrected chi connectivity index (χ1v) is 22.4. The average molecular weight is 937 g/mol. The Morgan fingerprint density at radius 3 is 1.55 bits per heavy atom. The predicted molar refractivity (Wildman–Crippen MR) is 229 cm³/mol. The van der Waals surface area contributed by atoms with Crippen LogP contribution in [-0.2, 0) is 29.0 Å². The van der Waals surface area contributed by atoms with E-state index in [1.165, 1.54) is 59.1 Å². The number of nitrogens with zero attached hydrogens (tertiary/aromatic N) is 4. The number of hydrogen-bond acceptors (Lipinski definition) is 16. The van der Waals surface area contributed by atoms with Crippen LogP contribution in [0.2, 0.25) is 0 Å². The number of sulfone groups is 1. The third kappa shape index (κ3) is 12.9. The first-order valence-electron chi connectivity index (χ1n) is 19.5. The van der Waals surface area contributed by atoms with Crippen molar-refractivity contribution in [2.75, 3.05) is 95.0 Å². The molecule has 4 aliphatic rings. The lowest BCUT2D eigenvalue weighted by Crippen LogP contribution is -2.40. The lowest BCUT2D eigenvalue weighted by molar-refractivity contribution is -0.231. The molecule has 4 saturated heterocycles. The van der Waals surface area contributed by atoms with Gasteiger partial charge in [-0.3, -0.25) is 19.4 Å². The van der Waals surface area contributed by atoms with Gasteiger partial charge in [0.1, 0.15) is 36.4 Å². The number of rotatable bonds is 10. The van der Waals surface area contributed by atoms with Crippen molar-refractivity contribution in [1.82, 2.24) is 10.6 Å². The zero-order chi connectivity index (χ0) is 45.1. The van der Waals surface area contributed by atoms with Crippen molar-refractivity contribution in [2.24, 2.45) is 0 Å². The van der Waals surface area contributed by atoms with Crippen molar-refractivity contribution in [3.05, 3.63) is 96.3 Å². The van der Waals surface area contributed by atoms with Crippen LogP contribution in [0.5, 0.6) is 0 Å². The van der Waals surface area contributed by atoms with E-state index in [0.29, 0.717) is 33.9 Å². The van der Waals surface area contributed by atoms with Gasteiger partial charge < -0.3 is 49.1 Å². The second kappa shape index (κ2) is 22.3. The number of ether oxygens (including phenoxy) is 2. The van der Waals surface area contributed by atoms with Gasteiger partial charge in [-0.25, -0.2) is 31.6 Å². The van der Waals surface area contributed by atoms with Gasteiger partial charge in [0.05, 0.1) is 84.1 Å². The summed E-state index contributed by atoms with van der Waals surface area (Å²) >= 11 is 1.86. The SMILES string of the molecule is CC(=O)OO.O.O=C(NC[C@H]1CN(c2ccc(N3CCS(=O)(=O)CC3)c(F)c2)C(=O)O1)c1ccoc1.O=C(NC[C@H]1CN(c2ccc(N3CCSCC3)c(F)c2)C(=O)O1)c1ccoc1. The smallest absolute Gasteiger partial charge is 0.414 e. The molecule has 4 fully saturated rings. The third-order valence-electron chi connectivity index (χ3n) is 9.95. The number of halogens is 2. The molecule has 6 heterocycles. The highest BCUT2D eigenvalue weighted by atomic mass is 32.2. The summed E-state index contributed by atoms with van der Waals surface area (Å²) in [6.07, 6.45) is 3.17. The molecule has 4 amide bonds. The van der Waals surface area contributed by atoms with E-state index in [-0.39, 0.29) is 73.9 Å².